The zero-order valence-electron chi connectivity index (χ0n) is 10.2. The summed E-state index contributed by atoms with van der Waals surface area (Å²) in [6.45, 7) is 1.50. The van der Waals surface area contributed by atoms with Crippen LogP contribution in [0.5, 0.6) is 0 Å². The largest absolute Gasteiger partial charge is 0.469 e. The Balaban J connectivity index is 2.10. The van der Waals surface area contributed by atoms with Gasteiger partial charge >= 0.3 is 5.97 Å². The second-order valence-corrected chi connectivity index (χ2v) is 4.21. The molecule has 1 aliphatic carbocycles. The molecule has 94 valence electrons. The first-order chi connectivity index (χ1) is 7.77. The summed E-state index contributed by atoms with van der Waals surface area (Å²) in [7, 11) is 3.15. The monoisotopic (exact) mass is 230 g/mol. The molecular weight excluding hydrogens is 208 g/mol. The zero-order chi connectivity index (χ0) is 11.8. The molecule has 16 heavy (non-hydrogen) atoms. The van der Waals surface area contributed by atoms with Crippen LogP contribution in [-0.2, 0) is 19.0 Å². The molecule has 0 aromatic carbocycles. The van der Waals surface area contributed by atoms with E-state index in [4.69, 9.17) is 14.2 Å². The SMILES string of the molecule is COCCCOC1CCC(C(=O)OC)CC1. The van der Waals surface area contributed by atoms with Gasteiger partial charge in [-0.15, -0.1) is 0 Å². The highest BCUT2D eigenvalue weighted by Gasteiger charge is 2.26. The highest BCUT2D eigenvalue weighted by Crippen LogP contribution is 2.27. The van der Waals surface area contributed by atoms with E-state index in [-0.39, 0.29) is 11.9 Å². The second-order valence-electron chi connectivity index (χ2n) is 4.21. The summed E-state index contributed by atoms with van der Waals surface area (Å²) in [4.78, 5) is 11.3. The number of hydrogen-bond donors (Lipinski definition) is 0. The van der Waals surface area contributed by atoms with Gasteiger partial charge in [-0.3, -0.25) is 4.79 Å². The summed E-state index contributed by atoms with van der Waals surface area (Å²) >= 11 is 0. The Kier molecular flexibility index (Phi) is 6.42. The lowest BCUT2D eigenvalue weighted by atomic mass is 9.87. The van der Waals surface area contributed by atoms with Gasteiger partial charge < -0.3 is 14.2 Å². The summed E-state index contributed by atoms with van der Waals surface area (Å²) in [5.74, 6) is 0.0154. The minimum Gasteiger partial charge on any atom is -0.469 e. The van der Waals surface area contributed by atoms with Crippen molar-refractivity contribution in [1.29, 1.82) is 0 Å². The van der Waals surface area contributed by atoms with Crippen molar-refractivity contribution >= 4 is 5.97 Å². The zero-order valence-corrected chi connectivity index (χ0v) is 10.2. The molecule has 0 radical (unpaired) electrons. The molecular formula is C12H22O4. The Bertz CT molecular complexity index is 197. The van der Waals surface area contributed by atoms with Gasteiger partial charge in [0.1, 0.15) is 0 Å². The summed E-state index contributed by atoms with van der Waals surface area (Å²) in [5, 5.41) is 0. The van der Waals surface area contributed by atoms with E-state index in [0.29, 0.717) is 6.10 Å². The average Bonchev–Trinajstić information content (AvgIpc) is 2.34. The van der Waals surface area contributed by atoms with Crippen LogP contribution < -0.4 is 0 Å². The Labute approximate surface area is 97.2 Å². The predicted molar refractivity (Wildman–Crippen MR) is 60.2 cm³/mol. The second kappa shape index (κ2) is 7.63. The summed E-state index contributed by atoms with van der Waals surface area (Å²) in [6, 6.07) is 0. The van der Waals surface area contributed by atoms with E-state index in [1.165, 1.54) is 7.11 Å². The van der Waals surface area contributed by atoms with Crippen molar-refractivity contribution in [2.24, 2.45) is 5.92 Å². The molecule has 1 rings (SSSR count). The Morgan fingerprint density at radius 3 is 2.38 bits per heavy atom. The molecule has 1 aliphatic rings. The normalized spacial score (nSPS) is 25.4. The molecule has 0 unspecified atom stereocenters. The van der Waals surface area contributed by atoms with Crippen LogP contribution in [0.4, 0.5) is 0 Å². The number of carbonyl (C=O) groups excluding carboxylic acids is 1. The van der Waals surface area contributed by atoms with E-state index in [9.17, 15) is 4.79 Å². The van der Waals surface area contributed by atoms with E-state index in [1.54, 1.807) is 7.11 Å². The summed E-state index contributed by atoms with van der Waals surface area (Å²) in [6.07, 6.45) is 4.97. The summed E-state index contributed by atoms with van der Waals surface area (Å²) < 4.78 is 15.4. The number of rotatable bonds is 6. The molecule has 4 nitrogen and oxygen atoms in total. The van der Waals surface area contributed by atoms with E-state index in [0.717, 1.165) is 45.3 Å². The van der Waals surface area contributed by atoms with Crippen LogP contribution in [0, 0.1) is 5.92 Å². The van der Waals surface area contributed by atoms with Gasteiger partial charge in [-0.2, -0.15) is 0 Å². The molecule has 0 atom stereocenters. The van der Waals surface area contributed by atoms with Crippen LogP contribution in [-0.4, -0.2) is 39.5 Å². The highest BCUT2D eigenvalue weighted by atomic mass is 16.5. The minimum absolute atomic E-state index is 0.0715. The third-order valence-electron chi connectivity index (χ3n) is 3.06. The van der Waals surface area contributed by atoms with Gasteiger partial charge in [0, 0.05) is 20.3 Å². The third-order valence-corrected chi connectivity index (χ3v) is 3.06. The maximum atomic E-state index is 11.3. The minimum atomic E-state index is -0.0715. The molecule has 0 aliphatic heterocycles. The van der Waals surface area contributed by atoms with Gasteiger partial charge in [-0.05, 0) is 32.1 Å². The van der Waals surface area contributed by atoms with E-state index in [2.05, 4.69) is 0 Å². The van der Waals surface area contributed by atoms with Gasteiger partial charge in [-0.1, -0.05) is 0 Å². The van der Waals surface area contributed by atoms with Gasteiger partial charge in [0.25, 0.3) is 0 Å². The maximum absolute atomic E-state index is 11.3. The first-order valence-electron chi connectivity index (χ1n) is 5.96. The van der Waals surface area contributed by atoms with Crippen LogP contribution in [0.1, 0.15) is 32.1 Å². The molecule has 0 heterocycles. The molecule has 1 fully saturated rings. The van der Waals surface area contributed by atoms with Crippen molar-refractivity contribution in [3.05, 3.63) is 0 Å². The quantitative estimate of drug-likeness (QED) is 0.515. The first kappa shape index (κ1) is 13.5. The highest BCUT2D eigenvalue weighted by molar-refractivity contribution is 5.72. The molecule has 0 spiro atoms. The number of hydrogen-bond acceptors (Lipinski definition) is 4. The lowest BCUT2D eigenvalue weighted by molar-refractivity contribution is -0.147. The molecule has 0 aromatic heterocycles. The smallest absolute Gasteiger partial charge is 0.308 e. The van der Waals surface area contributed by atoms with Crippen molar-refractivity contribution in [2.45, 2.75) is 38.2 Å². The van der Waals surface area contributed by atoms with E-state index < -0.39 is 0 Å². The first-order valence-corrected chi connectivity index (χ1v) is 5.96. The third kappa shape index (κ3) is 4.49. The van der Waals surface area contributed by atoms with E-state index >= 15 is 0 Å². The summed E-state index contributed by atoms with van der Waals surface area (Å²) in [5.41, 5.74) is 0. The molecule has 1 saturated carbocycles. The number of methoxy groups -OCH3 is 2. The molecule has 0 amide bonds. The lowest BCUT2D eigenvalue weighted by Crippen LogP contribution is -2.27. The van der Waals surface area contributed by atoms with E-state index in [1.807, 2.05) is 0 Å². The van der Waals surface area contributed by atoms with Crippen LogP contribution in [0.25, 0.3) is 0 Å². The molecule has 0 aromatic rings. The van der Waals surface area contributed by atoms with Gasteiger partial charge in [-0.25, -0.2) is 0 Å². The fourth-order valence-corrected chi connectivity index (χ4v) is 2.09. The fourth-order valence-electron chi connectivity index (χ4n) is 2.09. The standard InChI is InChI=1S/C12H22O4/c1-14-8-3-9-16-11-6-4-10(5-7-11)12(13)15-2/h10-11H,3-9H2,1-2H3. The van der Waals surface area contributed by atoms with Gasteiger partial charge in [0.15, 0.2) is 0 Å². The molecule has 0 N–H and O–H groups in total. The van der Waals surface area contributed by atoms with Crippen LogP contribution >= 0.6 is 0 Å². The van der Waals surface area contributed by atoms with Crippen molar-refractivity contribution in [1.82, 2.24) is 0 Å². The van der Waals surface area contributed by atoms with Crippen LogP contribution in [0.3, 0.4) is 0 Å². The number of esters is 1. The lowest BCUT2D eigenvalue weighted by Gasteiger charge is -2.26. The van der Waals surface area contributed by atoms with Crippen molar-refractivity contribution in [3.8, 4) is 0 Å². The Morgan fingerprint density at radius 1 is 1.12 bits per heavy atom. The van der Waals surface area contributed by atoms with Gasteiger partial charge in [0.2, 0.25) is 0 Å². The molecule has 0 bridgehead atoms. The van der Waals surface area contributed by atoms with Crippen LogP contribution in [0.2, 0.25) is 0 Å². The Morgan fingerprint density at radius 2 is 1.81 bits per heavy atom. The number of carbonyl (C=O) groups is 1. The van der Waals surface area contributed by atoms with Crippen molar-refractivity contribution < 1.29 is 19.0 Å². The van der Waals surface area contributed by atoms with Crippen molar-refractivity contribution in [3.63, 3.8) is 0 Å². The van der Waals surface area contributed by atoms with Crippen LogP contribution in [0.15, 0.2) is 0 Å². The van der Waals surface area contributed by atoms with Gasteiger partial charge in [0.05, 0.1) is 19.1 Å². The predicted octanol–water partition coefficient (Wildman–Crippen LogP) is 1.77. The topological polar surface area (TPSA) is 44.8 Å². The number of ether oxygens (including phenoxy) is 3. The average molecular weight is 230 g/mol. The maximum Gasteiger partial charge on any atom is 0.308 e. The molecule has 0 saturated heterocycles. The fraction of sp³-hybridized carbons (Fsp3) is 0.917. The van der Waals surface area contributed by atoms with Crippen molar-refractivity contribution in [2.75, 3.05) is 27.4 Å². The Hall–Kier alpha value is -0.610. The molecule has 4 heteroatoms.